The number of nitrogens with zero attached hydrogens (tertiary/aromatic N) is 1. The molecule has 1 aliphatic heterocycles. The van der Waals surface area contributed by atoms with Gasteiger partial charge in [0.2, 0.25) is 5.91 Å². The molecule has 3 atom stereocenters. The minimum absolute atomic E-state index is 0.0334. The minimum atomic E-state index is -0.927. The van der Waals surface area contributed by atoms with Crippen LogP contribution in [-0.4, -0.2) is 53.8 Å². The van der Waals surface area contributed by atoms with Crippen LogP contribution in [0.2, 0.25) is 0 Å². The van der Waals surface area contributed by atoms with Crippen molar-refractivity contribution in [3.63, 3.8) is 0 Å². The molecule has 0 spiro atoms. The van der Waals surface area contributed by atoms with Gasteiger partial charge in [0.05, 0.1) is 18.8 Å². The first-order valence-electron chi connectivity index (χ1n) is 12.4. The van der Waals surface area contributed by atoms with Crippen LogP contribution < -0.4 is 10.2 Å². The summed E-state index contributed by atoms with van der Waals surface area (Å²) in [6, 6.07) is 14.8. The van der Waals surface area contributed by atoms with Crippen molar-refractivity contribution in [3.8, 4) is 0 Å². The lowest BCUT2D eigenvalue weighted by Crippen LogP contribution is -2.53. The smallest absolute Gasteiger partial charge is 0.326 e. The number of carbonyl (C=O) groups excluding carboxylic acids is 3. The Morgan fingerprint density at radius 1 is 1.11 bits per heavy atom. The Morgan fingerprint density at radius 3 is 2.44 bits per heavy atom. The summed E-state index contributed by atoms with van der Waals surface area (Å²) >= 11 is 0. The molecule has 36 heavy (non-hydrogen) atoms. The molecule has 8 nitrogen and oxygen atoms in total. The standard InChI is InChI=1S/C28H36N2O6/c1-5-35-27(34)22(17-24(31)20-12-7-6-8-13-20)29-21-16-15-19-11-9-10-14-23(19)30(26(21)33)18-25(32)36-28(2,3)4/h6-14,21-22,24,29,31H,5,15-18H2,1-4H3/t21-,22?,24?/m0/s1. The Bertz CT molecular complexity index is 1050. The van der Waals surface area contributed by atoms with E-state index in [0.29, 0.717) is 24.1 Å². The van der Waals surface area contributed by atoms with Gasteiger partial charge in [0, 0.05) is 12.1 Å². The molecule has 8 heteroatoms. The summed E-state index contributed by atoms with van der Waals surface area (Å²) in [6.45, 7) is 6.95. The van der Waals surface area contributed by atoms with Crippen LogP contribution in [0.4, 0.5) is 5.69 Å². The molecular formula is C28H36N2O6. The molecule has 0 radical (unpaired) electrons. The minimum Gasteiger partial charge on any atom is -0.465 e. The molecule has 0 saturated carbocycles. The number of ether oxygens (including phenoxy) is 2. The topological polar surface area (TPSA) is 105 Å². The Kier molecular flexibility index (Phi) is 9.23. The van der Waals surface area contributed by atoms with Gasteiger partial charge in [0.25, 0.3) is 0 Å². The number of fused-ring (bicyclic) bond motifs is 1. The predicted molar refractivity (Wildman–Crippen MR) is 136 cm³/mol. The van der Waals surface area contributed by atoms with Crippen LogP contribution in [0.15, 0.2) is 54.6 Å². The number of hydrogen-bond acceptors (Lipinski definition) is 7. The van der Waals surface area contributed by atoms with E-state index in [1.165, 1.54) is 4.90 Å². The molecule has 1 amide bonds. The van der Waals surface area contributed by atoms with E-state index >= 15 is 0 Å². The predicted octanol–water partition coefficient (Wildman–Crippen LogP) is 3.32. The van der Waals surface area contributed by atoms with Crippen molar-refractivity contribution in [1.82, 2.24) is 5.32 Å². The van der Waals surface area contributed by atoms with E-state index in [-0.39, 0.29) is 25.5 Å². The summed E-state index contributed by atoms with van der Waals surface area (Å²) in [5.41, 5.74) is 1.55. The Balaban J connectivity index is 1.85. The largest absolute Gasteiger partial charge is 0.465 e. The van der Waals surface area contributed by atoms with E-state index in [1.54, 1.807) is 39.8 Å². The van der Waals surface area contributed by atoms with Crippen molar-refractivity contribution in [3.05, 3.63) is 65.7 Å². The van der Waals surface area contributed by atoms with Crippen molar-refractivity contribution >= 4 is 23.5 Å². The van der Waals surface area contributed by atoms with E-state index in [4.69, 9.17) is 9.47 Å². The van der Waals surface area contributed by atoms with Crippen molar-refractivity contribution < 1.29 is 29.0 Å². The van der Waals surface area contributed by atoms with Gasteiger partial charge in [-0.05, 0) is 57.7 Å². The third kappa shape index (κ3) is 7.38. The molecule has 0 fully saturated rings. The van der Waals surface area contributed by atoms with E-state index in [0.717, 1.165) is 5.56 Å². The molecule has 2 N–H and O–H groups in total. The van der Waals surface area contributed by atoms with Crippen LogP contribution in [0.25, 0.3) is 0 Å². The number of aliphatic hydroxyl groups is 1. The quantitative estimate of drug-likeness (QED) is 0.513. The first-order valence-corrected chi connectivity index (χ1v) is 12.4. The highest BCUT2D eigenvalue weighted by atomic mass is 16.6. The van der Waals surface area contributed by atoms with E-state index in [1.807, 2.05) is 42.5 Å². The fourth-order valence-electron chi connectivity index (χ4n) is 4.29. The second-order valence-electron chi connectivity index (χ2n) is 9.86. The molecule has 2 aromatic carbocycles. The van der Waals surface area contributed by atoms with Gasteiger partial charge < -0.3 is 14.6 Å². The third-order valence-corrected chi connectivity index (χ3v) is 5.87. The number of benzene rings is 2. The summed E-state index contributed by atoms with van der Waals surface area (Å²) in [5.74, 6) is -1.40. The summed E-state index contributed by atoms with van der Waals surface area (Å²) < 4.78 is 10.7. The number of aliphatic hydroxyl groups excluding tert-OH is 1. The number of carbonyl (C=O) groups is 3. The van der Waals surface area contributed by atoms with Gasteiger partial charge in [-0.2, -0.15) is 0 Å². The van der Waals surface area contributed by atoms with Gasteiger partial charge in [-0.25, -0.2) is 0 Å². The first-order chi connectivity index (χ1) is 17.1. The second-order valence-corrected chi connectivity index (χ2v) is 9.86. The first kappa shape index (κ1) is 27.4. The molecule has 0 aliphatic carbocycles. The fraction of sp³-hybridized carbons (Fsp3) is 0.464. The number of esters is 2. The van der Waals surface area contributed by atoms with Crippen LogP contribution in [-0.2, 0) is 30.3 Å². The number of rotatable bonds is 9. The number of para-hydroxylation sites is 1. The molecular weight excluding hydrogens is 460 g/mol. The van der Waals surface area contributed by atoms with Gasteiger partial charge in [-0.15, -0.1) is 0 Å². The molecule has 0 saturated heterocycles. The Hall–Kier alpha value is -3.23. The van der Waals surface area contributed by atoms with E-state index in [2.05, 4.69) is 5.32 Å². The average Bonchev–Trinajstić information content (AvgIpc) is 2.95. The second kappa shape index (κ2) is 12.1. The SMILES string of the molecule is CCOC(=O)C(CC(O)c1ccccc1)N[C@H]1CCc2ccccc2N(CC(=O)OC(C)(C)C)C1=O. The van der Waals surface area contributed by atoms with E-state index < -0.39 is 35.7 Å². The van der Waals surface area contributed by atoms with Crippen LogP contribution in [0.5, 0.6) is 0 Å². The lowest BCUT2D eigenvalue weighted by atomic mass is 10.00. The summed E-state index contributed by atoms with van der Waals surface area (Å²) in [7, 11) is 0. The van der Waals surface area contributed by atoms with Gasteiger partial charge in [0.15, 0.2) is 0 Å². The highest BCUT2D eigenvalue weighted by Crippen LogP contribution is 2.28. The highest BCUT2D eigenvalue weighted by molar-refractivity contribution is 6.02. The van der Waals surface area contributed by atoms with E-state index in [9.17, 15) is 19.5 Å². The number of anilines is 1. The molecule has 194 valence electrons. The van der Waals surface area contributed by atoms with Crippen LogP contribution in [0.3, 0.4) is 0 Å². The maximum absolute atomic E-state index is 13.7. The normalized spacial score (nSPS) is 17.5. The molecule has 2 aromatic rings. The van der Waals surface area contributed by atoms with Crippen LogP contribution >= 0.6 is 0 Å². The highest BCUT2D eigenvalue weighted by Gasteiger charge is 2.36. The zero-order valence-electron chi connectivity index (χ0n) is 21.4. The molecule has 2 unspecified atom stereocenters. The van der Waals surface area contributed by atoms with Crippen LogP contribution in [0.1, 0.15) is 57.8 Å². The zero-order chi connectivity index (χ0) is 26.3. The van der Waals surface area contributed by atoms with Crippen molar-refractivity contribution in [2.24, 2.45) is 0 Å². The number of aryl methyl sites for hydroxylation is 1. The van der Waals surface area contributed by atoms with Crippen LogP contribution in [0, 0.1) is 0 Å². The molecule has 0 aromatic heterocycles. The zero-order valence-corrected chi connectivity index (χ0v) is 21.4. The summed E-state index contributed by atoms with van der Waals surface area (Å²) in [5, 5.41) is 13.9. The maximum atomic E-state index is 13.7. The maximum Gasteiger partial charge on any atom is 0.326 e. The van der Waals surface area contributed by atoms with Gasteiger partial charge in [-0.3, -0.25) is 24.6 Å². The van der Waals surface area contributed by atoms with Crippen molar-refractivity contribution in [1.29, 1.82) is 0 Å². The fourth-order valence-corrected chi connectivity index (χ4v) is 4.29. The lowest BCUT2D eigenvalue weighted by molar-refractivity contribution is -0.154. The summed E-state index contributed by atoms with van der Waals surface area (Å²) in [4.78, 5) is 40.6. The Labute approximate surface area is 212 Å². The molecule has 1 aliphatic rings. The lowest BCUT2D eigenvalue weighted by Gasteiger charge is -2.29. The number of hydrogen-bond donors (Lipinski definition) is 2. The van der Waals surface area contributed by atoms with Crippen molar-refractivity contribution in [2.75, 3.05) is 18.1 Å². The monoisotopic (exact) mass is 496 g/mol. The molecule has 3 rings (SSSR count). The molecule has 0 bridgehead atoms. The Morgan fingerprint density at radius 2 is 1.78 bits per heavy atom. The third-order valence-electron chi connectivity index (χ3n) is 5.87. The van der Waals surface area contributed by atoms with Gasteiger partial charge in [-0.1, -0.05) is 48.5 Å². The average molecular weight is 497 g/mol. The summed E-state index contributed by atoms with van der Waals surface area (Å²) in [6.07, 6.45) is 0.0919. The molecule has 1 heterocycles. The number of nitrogens with one attached hydrogen (secondary N) is 1. The van der Waals surface area contributed by atoms with Gasteiger partial charge in [0.1, 0.15) is 18.2 Å². The van der Waals surface area contributed by atoms with Gasteiger partial charge >= 0.3 is 11.9 Å². The van der Waals surface area contributed by atoms with Crippen molar-refractivity contribution in [2.45, 2.75) is 70.7 Å². The number of amides is 1.